The van der Waals surface area contributed by atoms with Crippen LogP contribution < -0.4 is 5.32 Å². The van der Waals surface area contributed by atoms with Crippen LogP contribution >= 0.6 is 34.5 Å². The summed E-state index contributed by atoms with van der Waals surface area (Å²) in [6, 6.07) is 16.5. The Morgan fingerprint density at radius 2 is 1.80 bits per heavy atom. The quantitative estimate of drug-likeness (QED) is 0.373. The average Bonchev–Trinajstić information content (AvgIpc) is 3.46. The second-order valence-corrected chi connectivity index (χ2v) is 8.15. The van der Waals surface area contributed by atoms with E-state index in [1.165, 1.54) is 11.3 Å². The second-order valence-electron chi connectivity index (χ2n) is 6.47. The summed E-state index contributed by atoms with van der Waals surface area (Å²) >= 11 is 13.7. The van der Waals surface area contributed by atoms with Crippen LogP contribution in [0.25, 0.3) is 21.9 Å². The third-order valence-electron chi connectivity index (χ3n) is 4.55. The van der Waals surface area contributed by atoms with E-state index >= 15 is 0 Å². The van der Waals surface area contributed by atoms with Crippen molar-refractivity contribution in [3.63, 3.8) is 0 Å². The predicted molar refractivity (Wildman–Crippen MR) is 120 cm³/mol. The molecule has 5 rings (SSSR count). The summed E-state index contributed by atoms with van der Waals surface area (Å²) in [6.45, 7) is 0. The molecule has 3 aromatic heterocycles. The van der Waals surface area contributed by atoms with Crippen molar-refractivity contribution in [3.8, 4) is 16.9 Å². The largest absolute Gasteiger partial charge is 0.324 e. The number of benzene rings is 2. The number of halogens is 2. The Balaban J connectivity index is 1.39. The van der Waals surface area contributed by atoms with Gasteiger partial charge >= 0.3 is 0 Å². The number of nitrogens with zero attached hydrogens (tertiary/aromatic N) is 4. The fraction of sp³-hybridized carbons (Fsp3) is 0. The van der Waals surface area contributed by atoms with Crippen LogP contribution in [0.2, 0.25) is 10.0 Å². The number of anilines is 1. The van der Waals surface area contributed by atoms with E-state index in [1.54, 1.807) is 28.8 Å². The smallest absolute Gasteiger partial charge is 0.258 e. The summed E-state index contributed by atoms with van der Waals surface area (Å²) in [5.74, 6) is -0.0499. The van der Waals surface area contributed by atoms with Crippen LogP contribution in [0, 0.1) is 0 Å². The van der Waals surface area contributed by atoms with E-state index in [0.717, 1.165) is 16.9 Å². The molecule has 148 valence electrons. The molecule has 3 heterocycles. The van der Waals surface area contributed by atoms with Gasteiger partial charge in [-0.15, -0.1) is 16.4 Å². The molecule has 2 aromatic carbocycles. The van der Waals surface area contributed by atoms with Crippen molar-refractivity contribution in [2.45, 2.75) is 0 Å². The molecule has 0 saturated carbocycles. The van der Waals surface area contributed by atoms with E-state index in [4.69, 9.17) is 23.2 Å². The highest BCUT2D eigenvalue weighted by Crippen LogP contribution is 2.33. The number of rotatable bonds is 4. The van der Waals surface area contributed by atoms with Crippen molar-refractivity contribution in [3.05, 3.63) is 88.0 Å². The van der Waals surface area contributed by atoms with Crippen molar-refractivity contribution in [1.82, 2.24) is 19.2 Å². The fourth-order valence-corrected chi connectivity index (χ4v) is 4.41. The lowest BCUT2D eigenvalue weighted by atomic mass is 10.2. The third-order valence-corrected chi connectivity index (χ3v) is 5.91. The van der Waals surface area contributed by atoms with Crippen LogP contribution in [0.4, 0.5) is 5.95 Å². The molecule has 9 heteroatoms. The normalized spacial score (nSPS) is 11.1. The van der Waals surface area contributed by atoms with Gasteiger partial charge in [0, 0.05) is 39.6 Å². The molecule has 0 atom stereocenters. The van der Waals surface area contributed by atoms with Gasteiger partial charge in [-0.2, -0.15) is 4.98 Å². The van der Waals surface area contributed by atoms with E-state index in [1.807, 2.05) is 52.7 Å². The Morgan fingerprint density at radius 3 is 2.53 bits per heavy atom. The number of amides is 1. The lowest BCUT2D eigenvalue weighted by molar-refractivity contribution is 0.102. The lowest BCUT2D eigenvalue weighted by Gasteiger charge is -2.05. The maximum atomic E-state index is 12.6. The van der Waals surface area contributed by atoms with Gasteiger partial charge in [0.15, 0.2) is 0 Å². The summed E-state index contributed by atoms with van der Waals surface area (Å²) < 4.78 is 3.63. The van der Waals surface area contributed by atoms with Gasteiger partial charge in [-0.3, -0.25) is 10.1 Å². The summed E-state index contributed by atoms with van der Waals surface area (Å²) in [4.78, 5) is 17.7. The minimum absolute atomic E-state index is 0.229. The first-order chi connectivity index (χ1) is 14.6. The van der Waals surface area contributed by atoms with Crippen LogP contribution in [0.15, 0.2) is 72.4 Å². The number of fused-ring (bicyclic) bond motifs is 1. The van der Waals surface area contributed by atoms with Gasteiger partial charge in [-0.25, -0.2) is 4.52 Å². The molecule has 5 aromatic rings. The molecule has 0 aliphatic carbocycles. The van der Waals surface area contributed by atoms with Gasteiger partial charge in [0.25, 0.3) is 11.9 Å². The number of aromatic nitrogens is 4. The number of hydrogen-bond donors (Lipinski definition) is 1. The first-order valence-corrected chi connectivity index (χ1v) is 10.6. The number of nitrogens with one attached hydrogen (secondary N) is 1. The topological polar surface area (TPSA) is 64.2 Å². The number of carbonyl (C=O) groups is 1. The highest BCUT2D eigenvalue weighted by molar-refractivity contribution is 7.15. The summed E-state index contributed by atoms with van der Waals surface area (Å²) in [7, 11) is 0. The minimum atomic E-state index is -0.279. The molecule has 0 saturated heterocycles. The molecule has 1 N–H and O–H groups in total. The van der Waals surface area contributed by atoms with Gasteiger partial charge in [0.1, 0.15) is 0 Å². The molecule has 30 heavy (non-hydrogen) atoms. The zero-order valence-electron chi connectivity index (χ0n) is 15.3. The SMILES string of the molecule is O=C(Nc1nc2scc(-c3ccc(Cl)cc3Cl)n2n1)c1ccc(-n2cccc2)cc1. The number of hydrogen-bond acceptors (Lipinski definition) is 4. The number of thiazole rings is 1. The van der Waals surface area contributed by atoms with Gasteiger partial charge in [0.2, 0.25) is 4.96 Å². The molecule has 0 spiro atoms. The lowest BCUT2D eigenvalue weighted by Crippen LogP contribution is -2.13. The third kappa shape index (κ3) is 3.47. The first kappa shape index (κ1) is 18.9. The molecule has 0 fully saturated rings. The Morgan fingerprint density at radius 1 is 1.03 bits per heavy atom. The maximum absolute atomic E-state index is 12.6. The Hall–Kier alpha value is -3.13. The van der Waals surface area contributed by atoms with Crippen molar-refractivity contribution >= 4 is 51.4 Å². The van der Waals surface area contributed by atoms with Crippen LogP contribution in [0.5, 0.6) is 0 Å². The molecule has 0 unspecified atom stereocenters. The van der Waals surface area contributed by atoms with Gasteiger partial charge in [-0.05, 0) is 54.6 Å². The molecular formula is C21H13Cl2N5OS. The van der Waals surface area contributed by atoms with Crippen molar-refractivity contribution < 1.29 is 4.79 Å². The van der Waals surface area contributed by atoms with Crippen LogP contribution in [-0.2, 0) is 0 Å². The summed E-state index contributed by atoms with van der Waals surface area (Å²) in [5, 5.41) is 10.2. The monoisotopic (exact) mass is 453 g/mol. The minimum Gasteiger partial charge on any atom is -0.324 e. The first-order valence-electron chi connectivity index (χ1n) is 8.93. The van der Waals surface area contributed by atoms with Crippen LogP contribution in [0.1, 0.15) is 10.4 Å². The average molecular weight is 454 g/mol. The molecule has 0 aliphatic heterocycles. The Bertz CT molecular complexity index is 1360. The van der Waals surface area contributed by atoms with Crippen molar-refractivity contribution in [2.75, 3.05) is 5.32 Å². The van der Waals surface area contributed by atoms with Crippen LogP contribution in [-0.4, -0.2) is 25.1 Å². The second kappa shape index (κ2) is 7.60. The molecule has 0 radical (unpaired) electrons. The standard InChI is InChI=1S/C21H13Cl2N5OS/c22-14-5-8-16(17(23)11-14)18-12-30-21-25-20(26-28(18)21)24-19(29)13-3-6-15(7-4-13)27-9-1-2-10-27/h1-12H,(H,24,26,29). The maximum Gasteiger partial charge on any atom is 0.258 e. The van der Waals surface area contributed by atoms with E-state index in [-0.39, 0.29) is 11.9 Å². The zero-order chi connectivity index (χ0) is 20.7. The zero-order valence-corrected chi connectivity index (χ0v) is 17.6. The van der Waals surface area contributed by atoms with E-state index in [9.17, 15) is 4.79 Å². The molecule has 6 nitrogen and oxygen atoms in total. The van der Waals surface area contributed by atoms with Crippen molar-refractivity contribution in [1.29, 1.82) is 0 Å². The Labute approximate surface area is 185 Å². The molecule has 0 bridgehead atoms. The van der Waals surface area contributed by atoms with Gasteiger partial charge in [0.05, 0.1) is 10.7 Å². The van der Waals surface area contributed by atoms with Crippen molar-refractivity contribution in [2.24, 2.45) is 0 Å². The predicted octanol–water partition coefficient (Wildman–Crippen LogP) is 5.81. The highest BCUT2D eigenvalue weighted by Gasteiger charge is 2.16. The highest BCUT2D eigenvalue weighted by atomic mass is 35.5. The summed E-state index contributed by atoms with van der Waals surface area (Å²) in [6.07, 6.45) is 3.89. The van der Waals surface area contributed by atoms with Crippen LogP contribution in [0.3, 0.4) is 0 Å². The van der Waals surface area contributed by atoms with E-state index in [2.05, 4.69) is 15.4 Å². The van der Waals surface area contributed by atoms with Gasteiger partial charge < -0.3 is 4.57 Å². The van der Waals surface area contributed by atoms with E-state index < -0.39 is 0 Å². The number of carbonyl (C=O) groups excluding carboxylic acids is 1. The summed E-state index contributed by atoms with van der Waals surface area (Å²) in [5.41, 5.74) is 3.06. The molecule has 0 aliphatic rings. The fourth-order valence-electron chi connectivity index (χ4n) is 3.08. The Kier molecular flexibility index (Phi) is 4.78. The van der Waals surface area contributed by atoms with Gasteiger partial charge in [-0.1, -0.05) is 23.2 Å². The van der Waals surface area contributed by atoms with E-state index in [0.29, 0.717) is 20.6 Å². The molecule has 1 amide bonds. The molecular weight excluding hydrogens is 441 g/mol.